The lowest BCUT2D eigenvalue weighted by Gasteiger charge is -2.06. The first-order chi connectivity index (χ1) is 9.74. The van der Waals surface area contributed by atoms with Gasteiger partial charge in [0, 0.05) is 18.1 Å². The molecule has 20 heavy (non-hydrogen) atoms. The molecule has 0 fully saturated rings. The first kappa shape index (κ1) is 14.1. The van der Waals surface area contributed by atoms with Gasteiger partial charge in [0.25, 0.3) is 0 Å². The molecule has 2 aromatic rings. The van der Waals surface area contributed by atoms with Gasteiger partial charge < -0.3 is 10.6 Å². The van der Waals surface area contributed by atoms with Gasteiger partial charge in [-0.1, -0.05) is 0 Å². The summed E-state index contributed by atoms with van der Waals surface area (Å²) >= 11 is 0. The van der Waals surface area contributed by atoms with Gasteiger partial charge in [-0.3, -0.25) is 9.78 Å². The molecule has 0 aliphatic carbocycles. The predicted octanol–water partition coefficient (Wildman–Crippen LogP) is 1.99. The van der Waals surface area contributed by atoms with E-state index in [4.69, 9.17) is 0 Å². The van der Waals surface area contributed by atoms with Crippen molar-refractivity contribution in [2.45, 2.75) is 6.42 Å². The van der Waals surface area contributed by atoms with E-state index in [0.29, 0.717) is 12.2 Å². The molecule has 1 amide bonds. The molecule has 1 aromatic carbocycles. The zero-order valence-electron chi connectivity index (χ0n) is 11.0. The minimum absolute atomic E-state index is 0.147. The summed E-state index contributed by atoms with van der Waals surface area (Å²) < 4.78 is 12.7. The number of nitrogens with zero attached hydrogens (tertiary/aromatic N) is 1. The minimum atomic E-state index is -0.321. The van der Waals surface area contributed by atoms with Crippen LogP contribution < -0.4 is 10.6 Å². The summed E-state index contributed by atoms with van der Waals surface area (Å²) in [5.74, 6) is -0.468. The van der Waals surface area contributed by atoms with E-state index < -0.39 is 0 Å². The molecule has 4 nitrogen and oxygen atoms in total. The molecule has 0 saturated carbocycles. The van der Waals surface area contributed by atoms with Gasteiger partial charge in [-0.25, -0.2) is 4.39 Å². The minimum Gasteiger partial charge on any atom is -0.325 e. The van der Waals surface area contributed by atoms with Crippen molar-refractivity contribution in [3.8, 4) is 0 Å². The van der Waals surface area contributed by atoms with E-state index in [-0.39, 0.29) is 18.3 Å². The van der Waals surface area contributed by atoms with Crippen LogP contribution in [0.2, 0.25) is 0 Å². The molecule has 0 bridgehead atoms. The van der Waals surface area contributed by atoms with Crippen LogP contribution in [0.1, 0.15) is 5.56 Å². The second kappa shape index (κ2) is 7.35. The van der Waals surface area contributed by atoms with E-state index in [2.05, 4.69) is 15.6 Å². The van der Waals surface area contributed by atoms with Gasteiger partial charge in [0.15, 0.2) is 0 Å². The molecule has 1 aromatic heterocycles. The number of anilines is 1. The summed E-state index contributed by atoms with van der Waals surface area (Å²) in [5.41, 5.74) is 1.76. The maximum atomic E-state index is 12.7. The number of hydrogen-bond donors (Lipinski definition) is 2. The number of nitrogens with one attached hydrogen (secondary N) is 2. The molecule has 2 N–H and O–H groups in total. The number of pyridine rings is 1. The van der Waals surface area contributed by atoms with Gasteiger partial charge >= 0.3 is 0 Å². The molecule has 2 rings (SSSR count). The van der Waals surface area contributed by atoms with Crippen molar-refractivity contribution in [1.82, 2.24) is 10.3 Å². The van der Waals surface area contributed by atoms with Gasteiger partial charge in [0.1, 0.15) is 5.82 Å². The number of aromatic nitrogens is 1. The Kier molecular flexibility index (Phi) is 5.20. The van der Waals surface area contributed by atoms with Crippen LogP contribution in [-0.4, -0.2) is 24.0 Å². The number of benzene rings is 1. The van der Waals surface area contributed by atoms with Crippen LogP contribution in [0.25, 0.3) is 0 Å². The smallest absolute Gasteiger partial charge is 0.238 e. The molecule has 5 heteroatoms. The average molecular weight is 273 g/mol. The highest BCUT2D eigenvalue weighted by Gasteiger charge is 2.01. The van der Waals surface area contributed by atoms with Crippen LogP contribution in [-0.2, 0) is 11.2 Å². The predicted molar refractivity (Wildman–Crippen MR) is 75.8 cm³/mol. The quantitative estimate of drug-likeness (QED) is 0.791. The third-order valence-electron chi connectivity index (χ3n) is 2.75. The fourth-order valence-corrected chi connectivity index (χ4v) is 1.72. The first-order valence-corrected chi connectivity index (χ1v) is 6.39. The lowest BCUT2D eigenvalue weighted by Crippen LogP contribution is -2.29. The first-order valence-electron chi connectivity index (χ1n) is 6.39. The van der Waals surface area contributed by atoms with Crippen LogP contribution in [0.3, 0.4) is 0 Å². The van der Waals surface area contributed by atoms with E-state index >= 15 is 0 Å². The van der Waals surface area contributed by atoms with E-state index in [9.17, 15) is 9.18 Å². The molecule has 0 radical (unpaired) electrons. The van der Waals surface area contributed by atoms with Crippen molar-refractivity contribution in [2.75, 3.05) is 18.4 Å². The SMILES string of the molecule is O=C(CNCCc1ccncc1)Nc1ccc(F)cc1. The molecule has 0 aliphatic heterocycles. The zero-order chi connectivity index (χ0) is 14.2. The standard InChI is InChI=1S/C15H16FN3O/c16-13-1-3-14(4-2-13)19-15(20)11-18-10-7-12-5-8-17-9-6-12/h1-6,8-9,18H,7,10-11H2,(H,19,20). The summed E-state index contributed by atoms with van der Waals surface area (Å²) in [4.78, 5) is 15.6. The molecular weight excluding hydrogens is 257 g/mol. The number of carbonyl (C=O) groups is 1. The Morgan fingerprint density at radius 1 is 1.10 bits per heavy atom. The fourth-order valence-electron chi connectivity index (χ4n) is 1.72. The number of hydrogen-bond acceptors (Lipinski definition) is 3. The molecule has 0 atom stereocenters. The molecule has 0 unspecified atom stereocenters. The Morgan fingerprint density at radius 2 is 1.80 bits per heavy atom. The fraction of sp³-hybridized carbons (Fsp3) is 0.200. The maximum Gasteiger partial charge on any atom is 0.238 e. The summed E-state index contributed by atoms with van der Waals surface area (Å²) in [6, 6.07) is 9.58. The van der Waals surface area contributed by atoms with Gasteiger partial charge in [-0.2, -0.15) is 0 Å². The maximum absolute atomic E-state index is 12.7. The highest BCUT2D eigenvalue weighted by molar-refractivity contribution is 5.92. The molecule has 0 saturated heterocycles. The summed E-state index contributed by atoms with van der Waals surface area (Å²) in [7, 11) is 0. The van der Waals surface area contributed by atoms with Gasteiger partial charge in [-0.15, -0.1) is 0 Å². The van der Waals surface area contributed by atoms with Crippen molar-refractivity contribution in [2.24, 2.45) is 0 Å². The number of carbonyl (C=O) groups excluding carboxylic acids is 1. The Labute approximate surface area is 117 Å². The number of amides is 1. The normalized spacial score (nSPS) is 10.2. The van der Waals surface area contributed by atoms with Crippen LogP contribution in [0.5, 0.6) is 0 Å². The Bertz CT molecular complexity index is 543. The highest BCUT2D eigenvalue weighted by atomic mass is 19.1. The number of halogens is 1. The lowest BCUT2D eigenvalue weighted by atomic mass is 10.2. The van der Waals surface area contributed by atoms with E-state index in [1.807, 2.05) is 12.1 Å². The second-order valence-electron chi connectivity index (χ2n) is 4.34. The molecule has 1 heterocycles. The summed E-state index contributed by atoms with van der Waals surface area (Å²) in [5, 5.41) is 5.75. The van der Waals surface area contributed by atoms with Crippen LogP contribution >= 0.6 is 0 Å². The Hall–Kier alpha value is -2.27. The molecular formula is C15H16FN3O. The van der Waals surface area contributed by atoms with Crippen molar-refractivity contribution in [1.29, 1.82) is 0 Å². The third-order valence-corrected chi connectivity index (χ3v) is 2.75. The van der Waals surface area contributed by atoms with Gasteiger partial charge in [0.2, 0.25) is 5.91 Å². The van der Waals surface area contributed by atoms with E-state index in [0.717, 1.165) is 6.42 Å². The molecule has 104 valence electrons. The summed E-state index contributed by atoms with van der Waals surface area (Å²) in [6.45, 7) is 0.934. The van der Waals surface area contributed by atoms with E-state index in [1.54, 1.807) is 12.4 Å². The highest BCUT2D eigenvalue weighted by Crippen LogP contribution is 2.07. The molecule has 0 spiro atoms. The van der Waals surface area contributed by atoms with Gasteiger partial charge in [-0.05, 0) is 54.9 Å². The van der Waals surface area contributed by atoms with Crippen molar-refractivity contribution in [3.63, 3.8) is 0 Å². The summed E-state index contributed by atoms with van der Waals surface area (Å²) in [6.07, 6.45) is 4.33. The Morgan fingerprint density at radius 3 is 2.50 bits per heavy atom. The number of rotatable bonds is 6. The van der Waals surface area contributed by atoms with Crippen molar-refractivity contribution >= 4 is 11.6 Å². The average Bonchev–Trinajstić information content (AvgIpc) is 2.47. The monoisotopic (exact) mass is 273 g/mol. The van der Waals surface area contributed by atoms with Crippen LogP contribution in [0.4, 0.5) is 10.1 Å². The van der Waals surface area contributed by atoms with Crippen molar-refractivity contribution < 1.29 is 9.18 Å². The third kappa shape index (κ3) is 4.78. The van der Waals surface area contributed by atoms with Crippen LogP contribution in [0, 0.1) is 5.82 Å². The topological polar surface area (TPSA) is 54.0 Å². The zero-order valence-corrected chi connectivity index (χ0v) is 11.0. The second-order valence-corrected chi connectivity index (χ2v) is 4.34. The Balaban J connectivity index is 1.66. The van der Waals surface area contributed by atoms with Crippen molar-refractivity contribution in [3.05, 3.63) is 60.2 Å². The molecule has 0 aliphatic rings. The van der Waals surface area contributed by atoms with Crippen LogP contribution in [0.15, 0.2) is 48.8 Å². The lowest BCUT2D eigenvalue weighted by molar-refractivity contribution is -0.115. The van der Waals surface area contributed by atoms with Gasteiger partial charge in [0.05, 0.1) is 6.54 Å². The van der Waals surface area contributed by atoms with E-state index in [1.165, 1.54) is 29.8 Å². The largest absolute Gasteiger partial charge is 0.325 e.